The van der Waals surface area contributed by atoms with Gasteiger partial charge in [-0.05, 0) is 44.8 Å². The van der Waals surface area contributed by atoms with Crippen molar-refractivity contribution in [1.82, 2.24) is 20.3 Å². The zero-order chi connectivity index (χ0) is 19.5. The number of carbonyl (C=O) groups is 2. The number of nitrogens with one attached hydrogen (secondary N) is 1. The molecule has 0 saturated carbocycles. The Morgan fingerprint density at radius 2 is 2.00 bits per heavy atom. The molecule has 8 nitrogen and oxygen atoms in total. The normalized spacial score (nSPS) is 27.9. The number of benzene rings is 1. The van der Waals surface area contributed by atoms with Crippen molar-refractivity contribution in [2.24, 2.45) is 0 Å². The number of hydroxylamine groups is 3. The molecule has 2 bridgehead atoms. The van der Waals surface area contributed by atoms with Crippen LogP contribution in [0.5, 0.6) is 0 Å². The summed E-state index contributed by atoms with van der Waals surface area (Å²) >= 11 is 0. The molecule has 1 aromatic rings. The van der Waals surface area contributed by atoms with Crippen LogP contribution in [0, 0.1) is 0 Å². The molecule has 28 heavy (non-hydrogen) atoms. The van der Waals surface area contributed by atoms with Gasteiger partial charge in [-0.3, -0.25) is 14.5 Å². The van der Waals surface area contributed by atoms with Crippen LogP contribution in [0.2, 0.25) is 0 Å². The summed E-state index contributed by atoms with van der Waals surface area (Å²) < 4.78 is 0. The summed E-state index contributed by atoms with van der Waals surface area (Å²) in [7, 11) is 2.05. The number of likely N-dealkylation sites (N-methyl/N-ethyl adjacent to an activating group) is 1. The topological polar surface area (TPSA) is 74.4 Å². The van der Waals surface area contributed by atoms with Crippen LogP contribution in [0.3, 0.4) is 0 Å². The van der Waals surface area contributed by atoms with Crippen molar-refractivity contribution in [3.05, 3.63) is 35.9 Å². The second-order valence-electron chi connectivity index (χ2n) is 7.88. The summed E-state index contributed by atoms with van der Waals surface area (Å²) in [5.74, 6) is -0.245. The monoisotopic (exact) mass is 388 g/mol. The van der Waals surface area contributed by atoms with Crippen LogP contribution in [-0.4, -0.2) is 71.7 Å². The number of amides is 3. The van der Waals surface area contributed by atoms with E-state index in [0.717, 1.165) is 37.9 Å². The highest BCUT2D eigenvalue weighted by molar-refractivity contribution is 5.88. The van der Waals surface area contributed by atoms with Gasteiger partial charge in [0, 0.05) is 13.1 Å². The minimum absolute atomic E-state index is 0.000905. The third-order valence-electron chi connectivity index (χ3n) is 5.75. The van der Waals surface area contributed by atoms with Crippen LogP contribution >= 0.6 is 0 Å². The molecule has 3 aliphatic rings. The number of rotatable bonds is 6. The number of hydrogen-bond acceptors (Lipinski definition) is 5. The third-order valence-corrected chi connectivity index (χ3v) is 5.75. The van der Waals surface area contributed by atoms with Crippen molar-refractivity contribution < 1.29 is 19.3 Å². The van der Waals surface area contributed by atoms with Gasteiger partial charge in [0.25, 0.3) is 5.91 Å². The van der Waals surface area contributed by atoms with Gasteiger partial charge < -0.3 is 9.80 Å². The first-order chi connectivity index (χ1) is 13.6. The molecule has 1 aromatic carbocycles. The van der Waals surface area contributed by atoms with Gasteiger partial charge in [0.15, 0.2) is 0 Å². The standard InChI is InChI=1S/C20H28N4O4/c1-22-11-5-8-17(13-22)28-21-19(25)18-10-9-16-12-23(18)20(26)24(16)27-14-15-6-3-2-4-7-15/h2-4,6-7,16-18H,5,8-14H2,1H3,(H,21,25). The van der Waals surface area contributed by atoms with Crippen molar-refractivity contribution in [2.75, 3.05) is 26.7 Å². The molecular formula is C20H28N4O4. The van der Waals surface area contributed by atoms with Crippen molar-refractivity contribution >= 4 is 11.9 Å². The Morgan fingerprint density at radius 3 is 2.79 bits per heavy atom. The molecule has 152 valence electrons. The quantitative estimate of drug-likeness (QED) is 0.748. The van der Waals surface area contributed by atoms with Gasteiger partial charge in [0.05, 0.1) is 12.1 Å². The molecule has 0 spiro atoms. The fraction of sp³-hybridized carbons (Fsp3) is 0.600. The maximum Gasteiger partial charge on any atom is 0.345 e. The maximum absolute atomic E-state index is 12.8. The molecule has 3 unspecified atom stereocenters. The van der Waals surface area contributed by atoms with E-state index in [1.165, 1.54) is 5.06 Å². The fourth-order valence-electron chi connectivity index (χ4n) is 4.21. The number of likely N-dealkylation sites (tertiary alicyclic amines) is 1. The van der Waals surface area contributed by atoms with E-state index in [0.29, 0.717) is 19.6 Å². The minimum Gasteiger partial charge on any atom is -0.309 e. The lowest BCUT2D eigenvalue weighted by atomic mass is 10.0. The van der Waals surface area contributed by atoms with E-state index in [2.05, 4.69) is 10.4 Å². The lowest BCUT2D eigenvalue weighted by Crippen LogP contribution is -2.51. The summed E-state index contributed by atoms with van der Waals surface area (Å²) in [6.07, 6.45) is 3.34. The molecule has 3 amide bonds. The van der Waals surface area contributed by atoms with E-state index in [4.69, 9.17) is 9.68 Å². The molecule has 3 aliphatic heterocycles. The van der Waals surface area contributed by atoms with E-state index in [1.54, 1.807) is 4.90 Å². The number of fused-ring (bicyclic) bond motifs is 2. The van der Waals surface area contributed by atoms with Gasteiger partial charge in [-0.1, -0.05) is 30.3 Å². The second-order valence-corrected chi connectivity index (χ2v) is 7.88. The van der Waals surface area contributed by atoms with Crippen molar-refractivity contribution in [3.63, 3.8) is 0 Å². The average molecular weight is 388 g/mol. The first kappa shape index (κ1) is 19.2. The van der Waals surface area contributed by atoms with Gasteiger partial charge in [-0.25, -0.2) is 10.3 Å². The van der Waals surface area contributed by atoms with Crippen LogP contribution in [-0.2, 0) is 21.1 Å². The van der Waals surface area contributed by atoms with Crippen molar-refractivity contribution in [1.29, 1.82) is 0 Å². The van der Waals surface area contributed by atoms with E-state index >= 15 is 0 Å². The van der Waals surface area contributed by atoms with E-state index in [9.17, 15) is 9.59 Å². The Bertz CT molecular complexity index is 701. The zero-order valence-electron chi connectivity index (χ0n) is 16.3. The Balaban J connectivity index is 1.30. The Kier molecular flexibility index (Phi) is 5.79. The summed E-state index contributed by atoms with van der Waals surface area (Å²) in [5, 5.41) is 1.44. The number of nitrogens with zero attached hydrogens (tertiary/aromatic N) is 3. The molecule has 4 rings (SSSR count). The Hall–Kier alpha value is -2.16. The molecule has 3 saturated heterocycles. The van der Waals surface area contributed by atoms with E-state index in [1.807, 2.05) is 37.4 Å². The Morgan fingerprint density at radius 1 is 1.18 bits per heavy atom. The number of carbonyl (C=O) groups excluding carboxylic acids is 2. The first-order valence-corrected chi connectivity index (χ1v) is 10.0. The van der Waals surface area contributed by atoms with Crippen LogP contribution in [0.4, 0.5) is 4.79 Å². The van der Waals surface area contributed by atoms with Gasteiger partial charge in [-0.15, -0.1) is 0 Å². The van der Waals surface area contributed by atoms with Gasteiger partial charge >= 0.3 is 6.03 Å². The lowest BCUT2D eigenvalue weighted by Gasteiger charge is -2.31. The lowest BCUT2D eigenvalue weighted by molar-refractivity contribution is -0.146. The van der Waals surface area contributed by atoms with Crippen molar-refractivity contribution in [2.45, 2.75) is 50.5 Å². The second kappa shape index (κ2) is 8.46. The van der Waals surface area contributed by atoms with Gasteiger partial charge in [-0.2, -0.15) is 5.06 Å². The van der Waals surface area contributed by atoms with Crippen LogP contribution in [0.25, 0.3) is 0 Å². The predicted molar refractivity (Wildman–Crippen MR) is 102 cm³/mol. The molecule has 3 heterocycles. The molecule has 0 radical (unpaired) electrons. The van der Waals surface area contributed by atoms with Gasteiger partial charge in [0.1, 0.15) is 12.6 Å². The molecule has 3 atom stereocenters. The van der Waals surface area contributed by atoms with E-state index < -0.39 is 6.04 Å². The molecular weight excluding hydrogens is 360 g/mol. The summed E-state index contributed by atoms with van der Waals surface area (Å²) in [5.41, 5.74) is 3.61. The number of urea groups is 1. The predicted octanol–water partition coefficient (Wildman–Crippen LogP) is 1.53. The molecule has 3 fully saturated rings. The average Bonchev–Trinajstić information content (AvgIpc) is 2.95. The summed E-state index contributed by atoms with van der Waals surface area (Å²) in [6, 6.07) is 9.00. The zero-order valence-corrected chi connectivity index (χ0v) is 16.3. The summed E-state index contributed by atoms with van der Waals surface area (Å²) in [4.78, 5) is 40.6. The largest absolute Gasteiger partial charge is 0.345 e. The number of piperidine rings is 2. The summed E-state index contributed by atoms with van der Waals surface area (Å²) in [6.45, 7) is 2.71. The molecule has 1 N–H and O–H groups in total. The number of hydrogen-bond donors (Lipinski definition) is 1. The highest BCUT2D eigenvalue weighted by Crippen LogP contribution is 2.30. The van der Waals surface area contributed by atoms with Crippen molar-refractivity contribution in [3.8, 4) is 0 Å². The smallest absolute Gasteiger partial charge is 0.309 e. The highest BCUT2D eigenvalue weighted by Gasteiger charge is 2.48. The molecule has 0 aromatic heterocycles. The molecule has 0 aliphatic carbocycles. The molecule has 8 heteroatoms. The van der Waals surface area contributed by atoms with Gasteiger partial charge in [0.2, 0.25) is 0 Å². The van der Waals surface area contributed by atoms with Crippen LogP contribution in [0.1, 0.15) is 31.2 Å². The maximum atomic E-state index is 12.8. The van der Waals surface area contributed by atoms with Crippen LogP contribution < -0.4 is 5.48 Å². The Labute approximate surface area is 165 Å². The SMILES string of the molecule is CN1CCCC(ONC(=O)C2CCC3CN2C(=O)N3OCc2ccccc2)C1. The first-order valence-electron chi connectivity index (χ1n) is 10.0. The fourth-order valence-corrected chi connectivity index (χ4v) is 4.21. The highest BCUT2D eigenvalue weighted by atomic mass is 16.7. The van der Waals surface area contributed by atoms with Crippen LogP contribution in [0.15, 0.2) is 30.3 Å². The third kappa shape index (κ3) is 4.14. The minimum atomic E-state index is -0.504. The van der Waals surface area contributed by atoms with E-state index in [-0.39, 0.29) is 24.1 Å².